The minimum Gasteiger partial charge on any atom is -0.497 e. The van der Waals surface area contributed by atoms with E-state index in [0.29, 0.717) is 16.7 Å². The Kier molecular flexibility index (Phi) is 2.82. The third kappa shape index (κ3) is 2.28. The fourth-order valence-electron chi connectivity index (χ4n) is 1.51. The molecule has 88 valence electrons. The predicted octanol–water partition coefficient (Wildman–Crippen LogP) is 1.76. The topological polar surface area (TPSA) is 68.5 Å². The van der Waals surface area contributed by atoms with Gasteiger partial charge in [-0.1, -0.05) is 0 Å². The molecule has 1 heterocycles. The van der Waals surface area contributed by atoms with Crippen LogP contribution < -0.4 is 15.7 Å². The van der Waals surface area contributed by atoms with Crippen molar-refractivity contribution < 1.29 is 13.9 Å². The molecule has 1 aromatic carbocycles. The number of carbonyl (C=O) groups is 1. The van der Waals surface area contributed by atoms with Gasteiger partial charge in [0, 0.05) is 12.3 Å². The number of nitrogens with one attached hydrogen (secondary N) is 1. The van der Waals surface area contributed by atoms with Crippen molar-refractivity contribution in [1.29, 1.82) is 0 Å². The Morgan fingerprint density at radius 3 is 2.76 bits per heavy atom. The summed E-state index contributed by atoms with van der Waals surface area (Å²) in [6.45, 7) is 1.33. The van der Waals surface area contributed by atoms with Gasteiger partial charge in [0.05, 0.1) is 7.11 Å². The SMILES string of the molecule is COc1ccc2oc(=O)c(NC(C)=O)cc2c1. The molecule has 0 aliphatic heterocycles. The highest BCUT2D eigenvalue weighted by Gasteiger charge is 2.07. The highest BCUT2D eigenvalue weighted by Crippen LogP contribution is 2.21. The summed E-state index contributed by atoms with van der Waals surface area (Å²) in [6, 6.07) is 6.63. The Balaban J connectivity index is 2.60. The van der Waals surface area contributed by atoms with Crippen LogP contribution in [0.25, 0.3) is 11.0 Å². The van der Waals surface area contributed by atoms with E-state index < -0.39 is 5.63 Å². The molecule has 0 radical (unpaired) electrons. The summed E-state index contributed by atoms with van der Waals surface area (Å²) in [6.07, 6.45) is 0. The molecule has 0 bridgehead atoms. The number of methoxy groups -OCH3 is 1. The number of amides is 1. The van der Waals surface area contributed by atoms with Gasteiger partial charge < -0.3 is 14.5 Å². The zero-order valence-corrected chi connectivity index (χ0v) is 9.44. The molecule has 0 atom stereocenters. The van der Waals surface area contributed by atoms with Gasteiger partial charge in [0.15, 0.2) is 0 Å². The number of carbonyl (C=O) groups excluding carboxylic acids is 1. The summed E-state index contributed by atoms with van der Waals surface area (Å²) in [4.78, 5) is 22.4. The molecule has 17 heavy (non-hydrogen) atoms. The molecular weight excluding hydrogens is 222 g/mol. The van der Waals surface area contributed by atoms with E-state index in [2.05, 4.69) is 5.32 Å². The van der Waals surface area contributed by atoms with Crippen LogP contribution in [-0.2, 0) is 4.79 Å². The molecule has 0 spiro atoms. The fraction of sp³-hybridized carbons (Fsp3) is 0.167. The Bertz CT molecular complexity index is 630. The maximum Gasteiger partial charge on any atom is 0.360 e. The number of anilines is 1. The van der Waals surface area contributed by atoms with Gasteiger partial charge in [-0.05, 0) is 24.3 Å². The van der Waals surface area contributed by atoms with Crippen molar-refractivity contribution in [2.45, 2.75) is 6.92 Å². The summed E-state index contributed by atoms with van der Waals surface area (Å²) in [7, 11) is 1.55. The van der Waals surface area contributed by atoms with Crippen LogP contribution in [0.15, 0.2) is 33.5 Å². The van der Waals surface area contributed by atoms with Crippen molar-refractivity contribution in [3.63, 3.8) is 0 Å². The molecule has 2 aromatic rings. The van der Waals surface area contributed by atoms with Crippen LogP contribution in [0.3, 0.4) is 0 Å². The van der Waals surface area contributed by atoms with Crippen molar-refractivity contribution in [3.8, 4) is 5.75 Å². The number of ether oxygens (including phenoxy) is 1. The van der Waals surface area contributed by atoms with Gasteiger partial charge in [0.2, 0.25) is 5.91 Å². The highest BCUT2D eigenvalue weighted by molar-refractivity contribution is 5.91. The van der Waals surface area contributed by atoms with Crippen molar-refractivity contribution in [2.75, 3.05) is 12.4 Å². The lowest BCUT2D eigenvalue weighted by molar-refractivity contribution is -0.114. The van der Waals surface area contributed by atoms with Crippen LogP contribution in [0.2, 0.25) is 0 Å². The summed E-state index contributed by atoms with van der Waals surface area (Å²) >= 11 is 0. The standard InChI is InChI=1S/C12H11NO4/c1-7(14)13-10-6-8-5-9(16-2)3-4-11(8)17-12(10)15/h3-6H,1-2H3,(H,13,14). The van der Waals surface area contributed by atoms with Gasteiger partial charge in [-0.15, -0.1) is 0 Å². The second-order valence-electron chi connectivity index (χ2n) is 3.53. The average Bonchev–Trinajstić information content (AvgIpc) is 2.29. The van der Waals surface area contributed by atoms with Crippen molar-refractivity contribution in [2.24, 2.45) is 0 Å². The van der Waals surface area contributed by atoms with E-state index in [9.17, 15) is 9.59 Å². The first kappa shape index (κ1) is 11.2. The molecule has 1 aromatic heterocycles. The molecule has 5 nitrogen and oxygen atoms in total. The van der Waals surface area contributed by atoms with Gasteiger partial charge in [-0.25, -0.2) is 4.79 Å². The van der Waals surface area contributed by atoms with Gasteiger partial charge in [-0.3, -0.25) is 4.79 Å². The van der Waals surface area contributed by atoms with E-state index >= 15 is 0 Å². The van der Waals surface area contributed by atoms with Crippen molar-refractivity contribution >= 4 is 22.6 Å². The molecule has 0 fully saturated rings. The molecule has 0 aliphatic carbocycles. The van der Waals surface area contributed by atoms with E-state index in [1.165, 1.54) is 6.92 Å². The first-order valence-corrected chi connectivity index (χ1v) is 4.99. The van der Waals surface area contributed by atoms with Gasteiger partial charge in [-0.2, -0.15) is 0 Å². The van der Waals surface area contributed by atoms with Gasteiger partial charge >= 0.3 is 5.63 Å². The summed E-state index contributed by atoms with van der Waals surface area (Å²) in [5.41, 5.74) is 0.000946. The Labute approximate surface area is 97.0 Å². The molecule has 5 heteroatoms. The number of benzene rings is 1. The lowest BCUT2D eigenvalue weighted by Crippen LogP contribution is -2.14. The lowest BCUT2D eigenvalue weighted by atomic mass is 10.2. The van der Waals surface area contributed by atoms with Crippen LogP contribution in [0.4, 0.5) is 5.69 Å². The minimum atomic E-state index is -0.571. The van der Waals surface area contributed by atoms with Crippen LogP contribution in [0, 0.1) is 0 Å². The lowest BCUT2D eigenvalue weighted by Gasteiger charge is -2.04. The fourth-order valence-corrected chi connectivity index (χ4v) is 1.51. The normalized spacial score (nSPS) is 10.2. The van der Waals surface area contributed by atoms with Crippen LogP contribution in [0.1, 0.15) is 6.92 Å². The summed E-state index contributed by atoms with van der Waals surface area (Å²) in [5.74, 6) is 0.333. The maximum atomic E-state index is 11.5. The second-order valence-corrected chi connectivity index (χ2v) is 3.53. The van der Waals surface area contributed by atoms with E-state index in [1.807, 2.05) is 0 Å². The van der Waals surface area contributed by atoms with Gasteiger partial charge in [0.1, 0.15) is 17.0 Å². The molecule has 1 amide bonds. The molecule has 0 saturated heterocycles. The quantitative estimate of drug-likeness (QED) is 0.802. The average molecular weight is 233 g/mol. The molecule has 0 unspecified atom stereocenters. The van der Waals surface area contributed by atoms with Crippen molar-refractivity contribution in [3.05, 3.63) is 34.7 Å². The van der Waals surface area contributed by atoms with Crippen LogP contribution in [-0.4, -0.2) is 13.0 Å². The molecule has 1 N–H and O–H groups in total. The largest absolute Gasteiger partial charge is 0.497 e. The highest BCUT2D eigenvalue weighted by atomic mass is 16.5. The smallest absolute Gasteiger partial charge is 0.360 e. The first-order chi connectivity index (χ1) is 8.10. The monoisotopic (exact) mass is 233 g/mol. The van der Waals surface area contributed by atoms with E-state index in [0.717, 1.165) is 0 Å². The molecule has 2 rings (SSSR count). The Morgan fingerprint density at radius 2 is 2.12 bits per heavy atom. The number of hydrogen-bond donors (Lipinski definition) is 1. The zero-order valence-electron chi connectivity index (χ0n) is 9.44. The van der Waals surface area contributed by atoms with E-state index in [-0.39, 0.29) is 11.6 Å². The predicted molar refractivity (Wildman–Crippen MR) is 63.3 cm³/mol. The van der Waals surface area contributed by atoms with E-state index in [4.69, 9.17) is 9.15 Å². The summed E-state index contributed by atoms with van der Waals surface area (Å²) in [5, 5.41) is 3.10. The third-order valence-electron chi connectivity index (χ3n) is 2.25. The van der Waals surface area contributed by atoms with Crippen LogP contribution in [0.5, 0.6) is 5.75 Å². The maximum absolute atomic E-state index is 11.5. The van der Waals surface area contributed by atoms with Crippen LogP contribution >= 0.6 is 0 Å². The minimum absolute atomic E-state index is 0.123. The first-order valence-electron chi connectivity index (χ1n) is 4.99. The second kappa shape index (κ2) is 4.29. The zero-order chi connectivity index (χ0) is 12.4. The molecule has 0 aliphatic rings. The Morgan fingerprint density at radius 1 is 1.35 bits per heavy atom. The van der Waals surface area contributed by atoms with Crippen molar-refractivity contribution in [1.82, 2.24) is 0 Å². The molecule has 0 saturated carbocycles. The molecular formula is C12H11NO4. The summed E-state index contributed by atoms with van der Waals surface area (Å²) < 4.78 is 10.1. The Hall–Kier alpha value is -2.30. The third-order valence-corrected chi connectivity index (χ3v) is 2.25. The number of hydrogen-bond acceptors (Lipinski definition) is 4. The van der Waals surface area contributed by atoms with E-state index in [1.54, 1.807) is 31.4 Å². The number of fused-ring (bicyclic) bond motifs is 1. The van der Waals surface area contributed by atoms with Gasteiger partial charge in [0.25, 0.3) is 0 Å². The number of rotatable bonds is 2.